The van der Waals surface area contributed by atoms with Crippen LogP contribution in [0.2, 0.25) is 0 Å². The smallest absolute Gasteiger partial charge is 0.269 e. The van der Waals surface area contributed by atoms with Gasteiger partial charge in [-0.3, -0.25) is 4.79 Å². The summed E-state index contributed by atoms with van der Waals surface area (Å²) >= 11 is 5.34. The molecule has 1 heterocycles. The lowest BCUT2D eigenvalue weighted by molar-refractivity contribution is -0.115. The van der Waals surface area contributed by atoms with Crippen LogP contribution in [0.15, 0.2) is 4.99 Å². The third-order valence-corrected chi connectivity index (χ3v) is 2.16. The molecule has 0 saturated heterocycles. The van der Waals surface area contributed by atoms with E-state index < -0.39 is 0 Å². The van der Waals surface area contributed by atoms with Crippen molar-refractivity contribution in [2.75, 3.05) is 0 Å². The van der Waals surface area contributed by atoms with Gasteiger partial charge in [0.05, 0.1) is 5.04 Å². The van der Waals surface area contributed by atoms with Crippen LogP contribution in [0.25, 0.3) is 0 Å². The van der Waals surface area contributed by atoms with Crippen LogP contribution in [0.5, 0.6) is 0 Å². The van der Waals surface area contributed by atoms with Crippen LogP contribution in [0.4, 0.5) is 0 Å². The number of thiol groups is 1. The summed E-state index contributed by atoms with van der Waals surface area (Å²) in [6.45, 7) is 1.80. The molecule has 0 aromatic carbocycles. The Labute approximate surface area is 57.2 Å². The van der Waals surface area contributed by atoms with Gasteiger partial charge in [0.2, 0.25) is 0 Å². The second-order valence-electron chi connectivity index (χ2n) is 1.44. The molecule has 0 aromatic heterocycles. The third-order valence-electron chi connectivity index (χ3n) is 0.761. The third kappa shape index (κ3) is 1.06. The number of amides is 1. The van der Waals surface area contributed by atoms with Crippen LogP contribution in [0.1, 0.15) is 6.92 Å². The highest BCUT2D eigenvalue weighted by Crippen LogP contribution is 2.23. The van der Waals surface area contributed by atoms with E-state index >= 15 is 0 Å². The zero-order chi connectivity index (χ0) is 6.15. The zero-order valence-corrected chi connectivity index (χ0v) is 6.00. The zero-order valence-electron chi connectivity index (χ0n) is 4.29. The fourth-order valence-corrected chi connectivity index (χ4v) is 1.58. The van der Waals surface area contributed by atoms with Crippen LogP contribution in [0.3, 0.4) is 0 Å². The molecule has 0 saturated carbocycles. The van der Waals surface area contributed by atoms with Gasteiger partial charge in [-0.2, -0.15) is 12.6 Å². The lowest BCUT2D eigenvalue weighted by Crippen LogP contribution is -1.99. The number of rotatable bonds is 0. The van der Waals surface area contributed by atoms with Crippen LogP contribution in [0, 0.1) is 0 Å². The molecule has 0 fully saturated rings. The number of hydrogen-bond donors (Lipinski definition) is 1. The van der Waals surface area contributed by atoms with Crippen molar-refractivity contribution in [1.29, 1.82) is 0 Å². The standard InChI is InChI=1S/C4H5NOS2/c1-2-5-3(6)4(7)8-2/h4,7H,1H3. The number of hydrogen-bond acceptors (Lipinski definition) is 3. The van der Waals surface area contributed by atoms with E-state index in [1.807, 2.05) is 0 Å². The van der Waals surface area contributed by atoms with Crippen LogP contribution < -0.4 is 0 Å². The van der Waals surface area contributed by atoms with Crippen molar-refractivity contribution in [3.05, 3.63) is 0 Å². The van der Waals surface area contributed by atoms with E-state index in [2.05, 4.69) is 17.6 Å². The van der Waals surface area contributed by atoms with Gasteiger partial charge in [-0.15, -0.1) is 0 Å². The molecular weight excluding hydrogens is 142 g/mol. The first-order chi connectivity index (χ1) is 3.70. The minimum absolute atomic E-state index is 0.129. The molecule has 1 aliphatic heterocycles. The van der Waals surface area contributed by atoms with Crippen molar-refractivity contribution in [3.8, 4) is 0 Å². The molecule has 0 aliphatic carbocycles. The molecule has 1 aliphatic rings. The maximum absolute atomic E-state index is 10.5. The summed E-state index contributed by atoms with van der Waals surface area (Å²) in [5.74, 6) is -0.129. The van der Waals surface area contributed by atoms with Crippen molar-refractivity contribution >= 4 is 35.3 Å². The predicted octanol–water partition coefficient (Wildman–Crippen LogP) is 0.934. The van der Waals surface area contributed by atoms with E-state index in [-0.39, 0.29) is 10.5 Å². The summed E-state index contributed by atoms with van der Waals surface area (Å²) in [5.41, 5.74) is 0. The van der Waals surface area contributed by atoms with E-state index in [1.165, 1.54) is 11.8 Å². The van der Waals surface area contributed by atoms with Gasteiger partial charge < -0.3 is 0 Å². The van der Waals surface area contributed by atoms with Gasteiger partial charge >= 0.3 is 0 Å². The summed E-state index contributed by atoms with van der Waals surface area (Å²) in [5, 5.41) is 0.815. The van der Waals surface area contributed by atoms with E-state index in [4.69, 9.17) is 0 Å². The molecule has 1 amide bonds. The Morgan fingerprint density at radius 2 is 2.50 bits per heavy atom. The van der Waals surface area contributed by atoms with Crippen LogP contribution in [-0.2, 0) is 4.79 Å². The lowest BCUT2D eigenvalue weighted by atomic mass is 10.7. The minimum atomic E-state index is -0.241. The summed E-state index contributed by atoms with van der Waals surface area (Å²) in [4.78, 5) is 14.1. The molecule has 0 bridgehead atoms. The topological polar surface area (TPSA) is 29.4 Å². The second kappa shape index (κ2) is 2.11. The first kappa shape index (κ1) is 6.16. The lowest BCUT2D eigenvalue weighted by Gasteiger charge is -1.89. The van der Waals surface area contributed by atoms with Gasteiger partial charge in [0.25, 0.3) is 5.91 Å². The van der Waals surface area contributed by atoms with Crippen molar-refractivity contribution in [2.45, 2.75) is 11.5 Å². The van der Waals surface area contributed by atoms with Crippen molar-refractivity contribution in [2.24, 2.45) is 4.99 Å². The van der Waals surface area contributed by atoms with Gasteiger partial charge in [-0.25, -0.2) is 4.99 Å². The molecule has 1 rings (SSSR count). The van der Waals surface area contributed by atoms with Gasteiger partial charge in [0, 0.05) is 0 Å². The van der Waals surface area contributed by atoms with Crippen molar-refractivity contribution < 1.29 is 4.79 Å². The Morgan fingerprint density at radius 3 is 2.62 bits per heavy atom. The first-order valence-electron chi connectivity index (χ1n) is 2.14. The van der Waals surface area contributed by atoms with Gasteiger partial charge in [0.1, 0.15) is 4.58 Å². The minimum Gasteiger partial charge on any atom is -0.270 e. The summed E-state index contributed by atoms with van der Waals surface area (Å²) in [6.07, 6.45) is 0. The fraction of sp³-hybridized carbons (Fsp3) is 0.500. The van der Waals surface area contributed by atoms with E-state index in [0.717, 1.165) is 5.04 Å². The molecule has 2 nitrogen and oxygen atoms in total. The number of aliphatic imine (C=N–C) groups is 1. The molecule has 0 spiro atoms. The van der Waals surface area contributed by atoms with Gasteiger partial charge in [0.15, 0.2) is 0 Å². The Bertz CT molecular complexity index is 154. The molecule has 44 valence electrons. The summed E-state index contributed by atoms with van der Waals surface area (Å²) in [7, 11) is 0. The molecule has 0 radical (unpaired) electrons. The quantitative estimate of drug-likeness (QED) is 0.517. The molecule has 8 heavy (non-hydrogen) atoms. The van der Waals surface area contributed by atoms with Crippen LogP contribution in [-0.4, -0.2) is 15.5 Å². The molecule has 0 N–H and O–H groups in total. The molecule has 1 atom stereocenters. The molecular formula is C4H5NOS2. The molecule has 0 aromatic rings. The predicted molar refractivity (Wildman–Crippen MR) is 38.5 cm³/mol. The number of carbonyl (C=O) groups excluding carboxylic acids is 1. The Kier molecular flexibility index (Phi) is 1.62. The summed E-state index contributed by atoms with van der Waals surface area (Å²) < 4.78 is -0.241. The number of carbonyl (C=O) groups is 1. The van der Waals surface area contributed by atoms with Crippen LogP contribution >= 0.6 is 24.4 Å². The number of nitrogens with zero attached hydrogens (tertiary/aromatic N) is 1. The average molecular weight is 147 g/mol. The molecule has 1 unspecified atom stereocenters. The van der Waals surface area contributed by atoms with Gasteiger partial charge in [-0.1, -0.05) is 11.8 Å². The van der Waals surface area contributed by atoms with E-state index in [9.17, 15) is 4.79 Å². The normalized spacial score (nSPS) is 28.5. The highest BCUT2D eigenvalue weighted by atomic mass is 32.2. The average Bonchev–Trinajstić information content (AvgIpc) is 1.85. The number of thioether (sulfide) groups is 1. The van der Waals surface area contributed by atoms with Gasteiger partial charge in [-0.05, 0) is 6.92 Å². The largest absolute Gasteiger partial charge is 0.270 e. The molecule has 4 heteroatoms. The maximum Gasteiger partial charge on any atom is 0.269 e. The van der Waals surface area contributed by atoms with Crippen molar-refractivity contribution in [3.63, 3.8) is 0 Å². The van der Waals surface area contributed by atoms with E-state index in [1.54, 1.807) is 6.92 Å². The SMILES string of the molecule is CC1=NC(=O)C(S)S1. The maximum atomic E-state index is 10.5. The second-order valence-corrected chi connectivity index (χ2v) is 3.60. The first-order valence-corrected chi connectivity index (χ1v) is 3.53. The van der Waals surface area contributed by atoms with E-state index in [0.29, 0.717) is 0 Å². The Balaban J connectivity index is 2.70. The Hall–Kier alpha value is 0.0400. The summed E-state index contributed by atoms with van der Waals surface area (Å²) in [6, 6.07) is 0. The highest BCUT2D eigenvalue weighted by Gasteiger charge is 2.21. The highest BCUT2D eigenvalue weighted by molar-refractivity contribution is 8.22. The monoisotopic (exact) mass is 147 g/mol. The fourth-order valence-electron chi connectivity index (χ4n) is 0.449. The van der Waals surface area contributed by atoms with Crippen molar-refractivity contribution in [1.82, 2.24) is 0 Å². The Morgan fingerprint density at radius 1 is 1.88 bits per heavy atom.